The van der Waals surface area contributed by atoms with Crippen molar-refractivity contribution in [2.75, 3.05) is 45.9 Å². The van der Waals surface area contributed by atoms with E-state index >= 15 is 0 Å². The van der Waals surface area contributed by atoms with E-state index in [2.05, 4.69) is 5.32 Å². The molecular formula is C31H31F3N4O5. The van der Waals surface area contributed by atoms with Gasteiger partial charge < -0.3 is 25.0 Å². The van der Waals surface area contributed by atoms with E-state index in [-0.39, 0.29) is 81.3 Å². The van der Waals surface area contributed by atoms with Crippen LogP contribution in [0.15, 0.2) is 72.8 Å². The van der Waals surface area contributed by atoms with Crippen molar-refractivity contribution in [3.8, 4) is 11.5 Å². The average Bonchev–Trinajstić information content (AvgIpc) is 3.00. The van der Waals surface area contributed by atoms with Crippen LogP contribution in [0.25, 0.3) is 0 Å². The van der Waals surface area contributed by atoms with Gasteiger partial charge in [0.1, 0.15) is 18.1 Å². The molecule has 3 amide bonds. The number of piperazine rings is 1. The topological polar surface area (TPSA) is 102 Å². The first-order valence-electron chi connectivity index (χ1n) is 13.9. The second kappa shape index (κ2) is 12.7. The summed E-state index contributed by atoms with van der Waals surface area (Å²) in [5.41, 5.74) is -0.218. The zero-order valence-corrected chi connectivity index (χ0v) is 23.2. The normalized spacial score (nSPS) is 18.7. The van der Waals surface area contributed by atoms with Gasteiger partial charge in [0.25, 0.3) is 11.8 Å². The molecule has 0 aromatic heterocycles. The van der Waals surface area contributed by atoms with Gasteiger partial charge in [0.05, 0.1) is 23.7 Å². The van der Waals surface area contributed by atoms with E-state index in [1.165, 1.54) is 6.07 Å². The average molecular weight is 597 g/mol. The Bertz CT molecular complexity index is 1480. The van der Waals surface area contributed by atoms with Crippen molar-refractivity contribution in [2.45, 2.75) is 18.8 Å². The maximum Gasteiger partial charge on any atom is 0.416 e. The molecule has 0 spiro atoms. The van der Waals surface area contributed by atoms with Gasteiger partial charge in [-0.25, -0.2) is 0 Å². The van der Waals surface area contributed by atoms with E-state index in [9.17, 15) is 32.7 Å². The van der Waals surface area contributed by atoms with Gasteiger partial charge in [0, 0.05) is 50.4 Å². The number of amides is 3. The molecule has 2 N–H and O–H groups in total. The minimum absolute atomic E-state index is 0.0260. The summed E-state index contributed by atoms with van der Waals surface area (Å²) in [4.78, 5) is 45.0. The fourth-order valence-electron chi connectivity index (χ4n) is 5.27. The van der Waals surface area contributed by atoms with E-state index in [1.54, 1.807) is 63.2 Å². The molecule has 43 heavy (non-hydrogen) atoms. The van der Waals surface area contributed by atoms with Crippen molar-refractivity contribution in [2.24, 2.45) is 0 Å². The minimum Gasteiger partial charge on any atom is -0.508 e. The Balaban J connectivity index is 1.46. The standard InChI is InChI=1S/C31H31F3N4O5/c32-31(33,34)23-10-11-27-25(16-23)29(41)35-12-13-36(17-22-8-4-5-9-26(22)39)19-28(40)38-15-14-37(18-24(38)20-43-27)30(42)21-6-2-1-3-7-21/h1-11,16,24,39H,12-15,17-20H2,(H,35,41)/t24-/m0/s1. The number of aromatic hydroxyl groups is 1. The van der Waals surface area contributed by atoms with Crippen LogP contribution in [-0.4, -0.2) is 89.4 Å². The summed E-state index contributed by atoms with van der Waals surface area (Å²) in [6, 6.07) is 17.4. The SMILES string of the molecule is O=C1NCCN(Cc2ccccc2O)CC(=O)N2CCN(C(=O)c3ccccc3)C[C@H]2COc2ccc(C(F)(F)F)cc21. The zero-order valence-electron chi connectivity index (χ0n) is 23.2. The number of halogens is 3. The van der Waals surface area contributed by atoms with Crippen LogP contribution in [0.1, 0.15) is 31.8 Å². The summed E-state index contributed by atoms with van der Waals surface area (Å²) in [6.45, 7) is 0.802. The Hall–Kier alpha value is -4.58. The lowest BCUT2D eigenvalue weighted by Gasteiger charge is -2.42. The number of phenolic OH excluding ortho intramolecular Hbond substituents is 1. The molecular weight excluding hydrogens is 565 g/mol. The summed E-state index contributed by atoms with van der Waals surface area (Å²) in [5.74, 6) is -1.22. The lowest BCUT2D eigenvalue weighted by Crippen LogP contribution is -2.60. The van der Waals surface area contributed by atoms with Crippen LogP contribution in [-0.2, 0) is 17.5 Å². The predicted molar refractivity (Wildman–Crippen MR) is 151 cm³/mol. The van der Waals surface area contributed by atoms with Crippen LogP contribution >= 0.6 is 0 Å². The molecule has 2 heterocycles. The van der Waals surface area contributed by atoms with Crippen LogP contribution in [0.4, 0.5) is 13.2 Å². The maximum absolute atomic E-state index is 13.7. The Kier molecular flexibility index (Phi) is 8.86. The van der Waals surface area contributed by atoms with E-state index < -0.39 is 23.7 Å². The van der Waals surface area contributed by atoms with Crippen LogP contribution in [0, 0.1) is 0 Å². The van der Waals surface area contributed by atoms with Crippen molar-refractivity contribution in [3.63, 3.8) is 0 Å². The molecule has 12 heteroatoms. The largest absolute Gasteiger partial charge is 0.508 e. The highest BCUT2D eigenvalue weighted by Crippen LogP contribution is 2.33. The summed E-state index contributed by atoms with van der Waals surface area (Å²) >= 11 is 0. The number of para-hydroxylation sites is 1. The first-order valence-corrected chi connectivity index (χ1v) is 13.9. The third kappa shape index (κ3) is 7.08. The predicted octanol–water partition coefficient (Wildman–Crippen LogP) is 3.39. The minimum atomic E-state index is -4.67. The molecule has 0 radical (unpaired) electrons. The van der Waals surface area contributed by atoms with Gasteiger partial charge in [0.15, 0.2) is 0 Å². The van der Waals surface area contributed by atoms with Crippen molar-refractivity contribution < 1.29 is 37.4 Å². The van der Waals surface area contributed by atoms with Gasteiger partial charge >= 0.3 is 6.18 Å². The number of carbonyl (C=O) groups excluding carboxylic acids is 3. The molecule has 9 nitrogen and oxygen atoms in total. The highest BCUT2D eigenvalue weighted by molar-refractivity contribution is 5.97. The molecule has 0 unspecified atom stereocenters. The molecule has 2 aliphatic heterocycles. The molecule has 1 atom stereocenters. The number of rotatable bonds is 3. The fourth-order valence-corrected chi connectivity index (χ4v) is 5.27. The number of nitrogens with zero attached hydrogens (tertiary/aromatic N) is 3. The number of nitrogens with one attached hydrogen (secondary N) is 1. The van der Waals surface area contributed by atoms with Gasteiger partial charge in [-0.3, -0.25) is 19.3 Å². The Morgan fingerprint density at radius 2 is 1.72 bits per heavy atom. The lowest BCUT2D eigenvalue weighted by atomic mass is 10.1. The fraction of sp³-hybridized carbons (Fsp3) is 0.323. The molecule has 2 aliphatic rings. The van der Waals surface area contributed by atoms with Crippen LogP contribution in [0.2, 0.25) is 0 Å². The quantitative estimate of drug-likeness (QED) is 0.481. The summed E-state index contributed by atoms with van der Waals surface area (Å²) < 4.78 is 46.5. The third-order valence-electron chi connectivity index (χ3n) is 7.55. The summed E-state index contributed by atoms with van der Waals surface area (Å²) in [5, 5.41) is 13.0. The number of carbonyl (C=O) groups is 3. The van der Waals surface area contributed by atoms with Gasteiger partial charge in [0.2, 0.25) is 5.91 Å². The van der Waals surface area contributed by atoms with E-state index in [1.807, 2.05) is 0 Å². The molecule has 0 aliphatic carbocycles. The number of benzene rings is 3. The number of phenols is 1. The summed E-state index contributed by atoms with van der Waals surface area (Å²) in [7, 11) is 0. The molecule has 1 fully saturated rings. The Morgan fingerprint density at radius 3 is 2.47 bits per heavy atom. The van der Waals surface area contributed by atoms with Crippen molar-refractivity contribution >= 4 is 17.7 Å². The third-order valence-corrected chi connectivity index (χ3v) is 7.55. The Labute approximate surface area is 246 Å². The molecule has 3 aromatic rings. The smallest absolute Gasteiger partial charge is 0.416 e. The number of ether oxygens (including phenoxy) is 1. The van der Waals surface area contributed by atoms with E-state index in [4.69, 9.17) is 4.74 Å². The molecule has 226 valence electrons. The van der Waals surface area contributed by atoms with Gasteiger partial charge in [-0.2, -0.15) is 13.2 Å². The zero-order chi connectivity index (χ0) is 30.6. The second-order valence-corrected chi connectivity index (χ2v) is 10.5. The lowest BCUT2D eigenvalue weighted by molar-refractivity contribution is -0.138. The highest BCUT2D eigenvalue weighted by atomic mass is 19.4. The van der Waals surface area contributed by atoms with Crippen LogP contribution in [0.3, 0.4) is 0 Å². The Morgan fingerprint density at radius 1 is 0.977 bits per heavy atom. The molecule has 0 saturated carbocycles. The van der Waals surface area contributed by atoms with E-state index in [0.29, 0.717) is 11.1 Å². The molecule has 1 saturated heterocycles. The highest BCUT2D eigenvalue weighted by Gasteiger charge is 2.36. The van der Waals surface area contributed by atoms with Gasteiger partial charge in [-0.15, -0.1) is 0 Å². The number of alkyl halides is 3. The number of fused-ring (bicyclic) bond motifs is 2. The second-order valence-electron chi connectivity index (χ2n) is 10.5. The maximum atomic E-state index is 13.7. The van der Waals surface area contributed by atoms with Crippen LogP contribution in [0.5, 0.6) is 11.5 Å². The number of hydrogen-bond acceptors (Lipinski definition) is 6. The van der Waals surface area contributed by atoms with E-state index in [0.717, 1.165) is 18.2 Å². The van der Waals surface area contributed by atoms with Crippen LogP contribution < -0.4 is 10.1 Å². The molecule has 3 aromatic carbocycles. The van der Waals surface area contributed by atoms with Crippen molar-refractivity contribution in [3.05, 3.63) is 95.1 Å². The first kappa shape index (κ1) is 29.9. The monoisotopic (exact) mass is 596 g/mol. The van der Waals surface area contributed by atoms with Crippen molar-refractivity contribution in [1.82, 2.24) is 20.0 Å². The molecule has 5 rings (SSSR count). The molecule has 0 bridgehead atoms. The number of hydrogen-bond donors (Lipinski definition) is 2. The van der Waals surface area contributed by atoms with Crippen molar-refractivity contribution in [1.29, 1.82) is 0 Å². The van der Waals surface area contributed by atoms with Gasteiger partial charge in [-0.05, 0) is 36.4 Å². The van der Waals surface area contributed by atoms with Gasteiger partial charge in [-0.1, -0.05) is 36.4 Å². The summed E-state index contributed by atoms with van der Waals surface area (Å²) in [6.07, 6.45) is -4.67. The first-order chi connectivity index (χ1) is 20.6.